The molecule has 0 spiro atoms. The van der Waals surface area contributed by atoms with Crippen LogP contribution in [0.1, 0.15) is 46.5 Å². The molecule has 0 atom stereocenters. The van der Waals surface area contributed by atoms with Gasteiger partial charge in [-0.05, 0) is 19.5 Å². The molecule has 0 aromatic heterocycles. The zero-order valence-corrected chi connectivity index (χ0v) is 9.31. The summed E-state index contributed by atoms with van der Waals surface area (Å²) in [6, 6.07) is 0. The van der Waals surface area contributed by atoms with E-state index in [9.17, 15) is 4.79 Å². The quantitative estimate of drug-likeness (QED) is 0.579. The van der Waals surface area contributed by atoms with E-state index in [2.05, 4.69) is 25.7 Å². The molecule has 0 bridgehead atoms. The van der Waals surface area contributed by atoms with Gasteiger partial charge in [0.15, 0.2) is 0 Å². The zero-order chi connectivity index (χ0) is 10.1. The number of unbranched alkanes of at least 4 members (excludes halogenated alkanes) is 1. The van der Waals surface area contributed by atoms with Crippen molar-refractivity contribution in [3.63, 3.8) is 0 Å². The Morgan fingerprint density at radius 2 is 1.69 bits per heavy atom. The van der Waals surface area contributed by atoms with Gasteiger partial charge in [-0.15, -0.1) is 0 Å². The summed E-state index contributed by atoms with van der Waals surface area (Å²) in [4.78, 5) is 13.6. The standard InChI is InChI=1S/C11H23NO/c1-4-7-8-11(13)9-10-12(5-2)6-3/h4-10H2,1-3H3. The number of hydrogen-bond donors (Lipinski definition) is 0. The number of nitrogens with zero attached hydrogens (tertiary/aromatic N) is 1. The Kier molecular flexibility index (Phi) is 8.00. The minimum Gasteiger partial charge on any atom is -0.303 e. The summed E-state index contributed by atoms with van der Waals surface area (Å²) < 4.78 is 0. The van der Waals surface area contributed by atoms with Gasteiger partial charge >= 0.3 is 0 Å². The van der Waals surface area contributed by atoms with Crippen molar-refractivity contribution in [1.29, 1.82) is 0 Å². The van der Waals surface area contributed by atoms with E-state index in [1.54, 1.807) is 0 Å². The minimum absolute atomic E-state index is 0.425. The Labute approximate surface area is 82.3 Å². The van der Waals surface area contributed by atoms with Crippen LogP contribution in [0.5, 0.6) is 0 Å². The van der Waals surface area contributed by atoms with Crippen molar-refractivity contribution in [3.05, 3.63) is 0 Å². The molecule has 0 N–H and O–H groups in total. The smallest absolute Gasteiger partial charge is 0.134 e. The predicted molar refractivity (Wildman–Crippen MR) is 56.9 cm³/mol. The lowest BCUT2D eigenvalue weighted by molar-refractivity contribution is -0.119. The molecule has 0 aliphatic rings. The molecule has 0 aliphatic carbocycles. The second-order valence-corrected chi connectivity index (χ2v) is 3.42. The highest BCUT2D eigenvalue weighted by Gasteiger charge is 2.04. The Morgan fingerprint density at radius 1 is 1.08 bits per heavy atom. The molecule has 0 aliphatic heterocycles. The Hall–Kier alpha value is -0.370. The van der Waals surface area contributed by atoms with Crippen molar-refractivity contribution in [2.75, 3.05) is 19.6 Å². The summed E-state index contributed by atoms with van der Waals surface area (Å²) in [5, 5.41) is 0. The maximum absolute atomic E-state index is 11.3. The molecule has 2 nitrogen and oxygen atoms in total. The largest absolute Gasteiger partial charge is 0.303 e. The Morgan fingerprint density at radius 3 is 2.15 bits per heavy atom. The van der Waals surface area contributed by atoms with Gasteiger partial charge in [0.2, 0.25) is 0 Å². The molecule has 0 saturated carbocycles. The number of carbonyl (C=O) groups is 1. The third-order valence-electron chi connectivity index (χ3n) is 2.41. The SMILES string of the molecule is CCCCC(=O)CCN(CC)CC. The first-order valence-electron chi connectivity index (χ1n) is 5.48. The fraction of sp³-hybridized carbons (Fsp3) is 0.909. The molecule has 0 unspecified atom stereocenters. The molecule has 0 saturated heterocycles. The van der Waals surface area contributed by atoms with Gasteiger partial charge in [0, 0.05) is 19.4 Å². The van der Waals surface area contributed by atoms with Gasteiger partial charge in [0.05, 0.1) is 0 Å². The topological polar surface area (TPSA) is 20.3 Å². The van der Waals surface area contributed by atoms with Gasteiger partial charge in [-0.1, -0.05) is 27.2 Å². The van der Waals surface area contributed by atoms with Crippen molar-refractivity contribution in [1.82, 2.24) is 4.90 Å². The first kappa shape index (κ1) is 12.6. The van der Waals surface area contributed by atoms with Crippen LogP contribution in [-0.2, 0) is 4.79 Å². The lowest BCUT2D eigenvalue weighted by Crippen LogP contribution is -2.25. The lowest BCUT2D eigenvalue weighted by atomic mass is 10.1. The van der Waals surface area contributed by atoms with Crippen LogP contribution in [-0.4, -0.2) is 30.3 Å². The molecule has 0 aromatic carbocycles. The van der Waals surface area contributed by atoms with E-state index >= 15 is 0 Å². The van der Waals surface area contributed by atoms with E-state index in [-0.39, 0.29) is 0 Å². The summed E-state index contributed by atoms with van der Waals surface area (Å²) >= 11 is 0. The fourth-order valence-corrected chi connectivity index (χ4v) is 1.32. The molecule has 2 heteroatoms. The molecule has 0 rings (SSSR count). The summed E-state index contributed by atoms with van der Waals surface area (Å²) in [5.74, 6) is 0.425. The first-order chi connectivity index (χ1) is 6.24. The maximum atomic E-state index is 11.3. The third-order valence-corrected chi connectivity index (χ3v) is 2.41. The number of hydrogen-bond acceptors (Lipinski definition) is 2. The molecule has 0 fully saturated rings. The molecular weight excluding hydrogens is 162 g/mol. The number of Topliss-reactive ketones (excluding diaryl/α,β-unsaturated/α-hetero) is 1. The van der Waals surface area contributed by atoms with Crippen LogP contribution in [0.2, 0.25) is 0 Å². The second-order valence-electron chi connectivity index (χ2n) is 3.42. The number of carbonyl (C=O) groups excluding carboxylic acids is 1. The average Bonchev–Trinajstić information content (AvgIpc) is 2.16. The highest BCUT2D eigenvalue weighted by Crippen LogP contribution is 2.00. The molecule has 0 aromatic rings. The van der Waals surface area contributed by atoms with Gasteiger partial charge in [0.1, 0.15) is 5.78 Å². The highest BCUT2D eigenvalue weighted by molar-refractivity contribution is 5.78. The van der Waals surface area contributed by atoms with Gasteiger partial charge < -0.3 is 4.90 Å². The molecule has 13 heavy (non-hydrogen) atoms. The van der Waals surface area contributed by atoms with Crippen molar-refractivity contribution in [3.8, 4) is 0 Å². The monoisotopic (exact) mass is 185 g/mol. The summed E-state index contributed by atoms with van der Waals surface area (Å²) in [7, 11) is 0. The molecule has 78 valence electrons. The van der Waals surface area contributed by atoms with Crippen LogP contribution in [0.15, 0.2) is 0 Å². The van der Waals surface area contributed by atoms with Crippen LogP contribution in [0.25, 0.3) is 0 Å². The Balaban J connectivity index is 3.44. The van der Waals surface area contributed by atoms with E-state index in [1.807, 2.05) is 0 Å². The summed E-state index contributed by atoms with van der Waals surface area (Å²) in [6.07, 6.45) is 3.69. The van der Waals surface area contributed by atoms with E-state index in [1.165, 1.54) is 0 Å². The average molecular weight is 185 g/mol. The van der Waals surface area contributed by atoms with Crippen molar-refractivity contribution in [2.45, 2.75) is 46.5 Å². The van der Waals surface area contributed by atoms with Crippen molar-refractivity contribution >= 4 is 5.78 Å². The van der Waals surface area contributed by atoms with E-state index in [4.69, 9.17) is 0 Å². The second kappa shape index (κ2) is 8.24. The molecular formula is C11H23NO. The van der Waals surface area contributed by atoms with Crippen LogP contribution in [0.3, 0.4) is 0 Å². The number of ketones is 1. The van der Waals surface area contributed by atoms with Gasteiger partial charge in [-0.3, -0.25) is 4.79 Å². The van der Waals surface area contributed by atoms with Gasteiger partial charge in [-0.25, -0.2) is 0 Å². The minimum atomic E-state index is 0.425. The van der Waals surface area contributed by atoms with Crippen molar-refractivity contribution < 1.29 is 4.79 Å². The maximum Gasteiger partial charge on any atom is 0.134 e. The van der Waals surface area contributed by atoms with E-state index in [0.29, 0.717) is 5.78 Å². The zero-order valence-electron chi connectivity index (χ0n) is 9.31. The lowest BCUT2D eigenvalue weighted by Gasteiger charge is -2.16. The third kappa shape index (κ3) is 6.76. The Bertz CT molecular complexity index is 130. The van der Waals surface area contributed by atoms with Gasteiger partial charge in [-0.2, -0.15) is 0 Å². The molecule has 0 amide bonds. The van der Waals surface area contributed by atoms with Crippen LogP contribution < -0.4 is 0 Å². The van der Waals surface area contributed by atoms with Crippen LogP contribution >= 0.6 is 0 Å². The summed E-state index contributed by atoms with van der Waals surface area (Å²) in [6.45, 7) is 9.45. The highest BCUT2D eigenvalue weighted by atomic mass is 16.1. The number of rotatable bonds is 8. The molecule has 0 heterocycles. The van der Waals surface area contributed by atoms with Crippen LogP contribution in [0.4, 0.5) is 0 Å². The van der Waals surface area contributed by atoms with Crippen molar-refractivity contribution in [2.24, 2.45) is 0 Å². The van der Waals surface area contributed by atoms with Crippen LogP contribution in [0, 0.1) is 0 Å². The first-order valence-corrected chi connectivity index (χ1v) is 5.48. The fourth-order valence-electron chi connectivity index (χ4n) is 1.32. The predicted octanol–water partition coefficient (Wildman–Crippen LogP) is 2.48. The van der Waals surface area contributed by atoms with E-state index < -0.39 is 0 Å². The summed E-state index contributed by atoms with van der Waals surface area (Å²) in [5.41, 5.74) is 0. The normalized spacial score (nSPS) is 10.8. The molecule has 0 radical (unpaired) electrons. The van der Waals surface area contributed by atoms with Gasteiger partial charge in [0.25, 0.3) is 0 Å². The van der Waals surface area contributed by atoms with E-state index in [0.717, 1.165) is 45.3 Å².